The lowest BCUT2D eigenvalue weighted by Gasteiger charge is -1.96. The van der Waals surface area contributed by atoms with E-state index in [2.05, 4.69) is 10.2 Å². The van der Waals surface area contributed by atoms with Gasteiger partial charge >= 0.3 is 0 Å². The molecule has 0 aromatic rings. The zero-order chi connectivity index (χ0) is 9.07. The molecule has 0 N–H and O–H groups in total. The van der Waals surface area contributed by atoms with Gasteiger partial charge in [0.2, 0.25) is 0 Å². The van der Waals surface area contributed by atoms with Crippen molar-refractivity contribution in [3.05, 3.63) is 12.2 Å². The third-order valence-corrected chi connectivity index (χ3v) is 2.84. The first-order chi connectivity index (χ1) is 4.83. The first-order valence-corrected chi connectivity index (χ1v) is 5.22. The smallest absolute Gasteiger partial charge is 0.201 e. The Morgan fingerprint density at radius 1 is 1.55 bits per heavy atom. The molecule has 0 radical (unpaired) electrons. The fraction of sp³-hybridized carbons (Fsp3) is 0.500. The summed E-state index contributed by atoms with van der Waals surface area (Å²) >= 11 is 0. The van der Waals surface area contributed by atoms with Crippen LogP contribution in [-0.4, -0.2) is 22.6 Å². The third kappa shape index (κ3) is 6.02. The highest BCUT2D eigenvalue weighted by atomic mass is 32.3. The second kappa shape index (κ2) is 3.84. The third-order valence-electron chi connectivity index (χ3n) is 0.598. The molecule has 0 aliphatic rings. The van der Waals surface area contributed by atoms with E-state index in [1.54, 1.807) is 0 Å². The molecule has 0 bridgehead atoms. The van der Waals surface area contributed by atoms with Crippen LogP contribution in [0.15, 0.2) is 12.2 Å². The van der Waals surface area contributed by atoms with Crippen LogP contribution in [0.5, 0.6) is 0 Å². The largest absolute Gasteiger partial charge is 0.285 e. The Labute approximate surface area is 67.0 Å². The van der Waals surface area contributed by atoms with Crippen molar-refractivity contribution < 1.29 is 20.5 Å². The minimum Gasteiger partial charge on any atom is -0.201 e. The molecule has 0 saturated carbocycles. The van der Waals surface area contributed by atoms with Gasteiger partial charge in [0.05, 0.1) is 5.75 Å². The van der Waals surface area contributed by atoms with E-state index < -0.39 is 26.9 Å². The normalized spacial score (nSPS) is 11.8. The molecule has 7 heteroatoms. The van der Waals surface area contributed by atoms with Gasteiger partial charge in [-0.1, -0.05) is 12.2 Å². The Morgan fingerprint density at radius 2 is 2.00 bits per heavy atom. The summed E-state index contributed by atoms with van der Waals surface area (Å²) in [4.78, 5) is 0. The van der Waals surface area contributed by atoms with E-state index in [1.807, 2.05) is 0 Å². The fourth-order valence-corrected chi connectivity index (χ4v) is 1.98. The maximum absolute atomic E-state index is 10.6. The van der Waals surface area contributed by atoms with Crippen molar-refractivity contribution in [1.29, 1.82) is 0 Å². The van der Waals surface area contributed by atoms with Crippen molar-refractivity contribution in [2.45, 2.75) is 6.92 Å². The molecule has 0 saturated heterocycles. The molecule has 0 aliphatic heterocycles. The molecule has 5 nitrogen and oxygen atoms in total. The van der Waals surface area contributed by atoms with E-state index in [0.717, 1.165) is 0 Å². The average Bonchev–Trinajstić information content (AvgIpc) is 1.53. The van der Waals surface area contributed by atoms with Gasteiger partial charge in [0.25, 0.3) is 21.1 Å². The molecule has 0 rings (SSSR count). The molecule has 0 fully saturated rings. The van der Waals surface area contributed by atoms with E-state index in [4.69, 9.17) is 0 Å². The Hall–Kier alpha value is -0.400. The Kier molecular flexibility index (Phi) is 3.70. The monoisotopic (exact) mass is 200 g/mol. The van der Waals surface area contributed by atoms with Gasteiger partial charge in [0.1, 0.15) is 0 Å². The van der Waals surface area contributed by atoms with E-state index in [9.17, 15) is 16.8 Å². The van der Waals surface area contributed by atoms with Crippen molar-refractivity contribution in [3.8, 4) is 0 Å². The molecular formula is C4H8O5S2. The Balaban J connectivity index is 4.37. The lowest BCUT2D eigenvalue weighted by atomic mass is 10.4. The second-order valence-electron chi connectivity index (χ2n) is 1.96. The molecule has 66 valence electrons. The van der Waals surface area contributed by atoms with Crippen LogP contribution in [0.25, 0.3) is 0 Å². The molecule has 0 amide bonds. The maximum atomic E-state index is 10.6. The number of hydrogen-bond acceptors (Lipinski definition) is 5. The van der Waals surface area contributed by atoms with E-state index >= 15 is 0 Å². The van der Waals surface area contributed by atoms with Gasteiger partial charge in [-0.2, -0.15) is 8.42 Å². The lowest BCUT2D eigenvalue weighted by Crippen LogP contribution is -2.09. The Morgan fingerprint density at radius 3 is 2.27 bits per heavy atom. The predicted octanol–water partition coefficient (Wildman–Crippen LogP) is -0.565. The summed E-state index contributed by atoms with van der Waals surface area (Å²) in [6, 6.07) is 0. The van der Waals surface area contributed by atoms with Gasteiger partial charge in [-0.05, 0) is 6.92 Å². The highest BCUT2D eigenvalue weighted by Crippen LogP contribution is 1.99. The predicted molar refractivity (Wildman–Crippen MR) is 40.0 cm³/mol. The van der Waals surface area contributed by atoms with E-state index in [0.29, 0.717) is 5.57 Å². The summed E-state index contributed by atoms with van der Waals surface area (Å²) in [5.41, 5.74) is 0.321. The summed E-state index contributed by atoms with van der Waals surface area (Å²) in [6.45, 7) is 4.75. The Bertz CT molecular complexity index is 301. The summed E-state index contributed by atoms with van der Waals surface area (Å²) in [5, 5.41) is 0. The second-order valence-corrected chi connectivity index (χ2v) is 4.40. The number of thiol groups is 1. The van der Waals surface area contributed by atoms with E-state index in [1.165, 1.54) is 6.92 Å². The van der Waals surface area contributed by atoms with Crippen molar-refractivity contribution in [2.75, 3.05) is 5.75 Å². The lowest BCUT2D eigenvalue weighted by molar-refractivity contribution is 0.479. The first-order valence-electron chi connectivity index (χ1n) is 2.54. The van der Waals surface area contributed by atoms with Gasteiger partial charge in [-0.15, -0.1) is 3.63 Å². The molecule has 0 spiro atoms. The van der Waals surface area contributed by atoms with Crippen molar-refractivity contribution in [2.24, 2.45) is 0 Å². The minimum atomic E-state index is -3.98. The van der Waals surface area contributed by atoms with Crippen LogP contribution < -0.4 is 0 Å². The summed E-state index contributed by atoms with van der Waals surface area (Å²) in [7, 11) is -7.32. The number of hydrogen-bond donors (Lipinski definition) is 1. The van der Waals surface area contributed by atoms with Gasteiger partial charge in [-0.25, -0.2) is 8.42 Å². The summed E-state index contributed by atoms with van der Waals surface area (Å²) < 4.78 is 44.4. The summed E-state index contributed by atoms with van der Waals surface area (Å²) in [5.74, 6) is -0.476. The number of rotatable bonds is 4. The highest BCUT2D eigenvalue weighted by Gasteiger charge is 2.12. The minimum absolute atomic E-state index is 0.321. The first kappa shape index (κ1) is 10.6. The maximum Gasteiger partial charge on any atom is 0.285 e. The van der Waals surface area contributed by atoms with Crippen LogP contribution >= 0.6 is 0 Å². The van der Waals surface area contributed by atoms with Crippen LogP contribution in [0.2, 0.25) is 0 Å². The molecule has 0 heterocycles. The molecule has 0 aliphatic carbocycles. The molecule has 0 aromatic heterocycles. The molecule has 11 heavy (non-hydrogen) atoms. The highest BCUT2D eigenvalue weighted by molar-refractivity contribution is 7.93. The molecule has 0 unspecified atom stereocenters. The van der Waals surface area contributed by atoms with Crippen molar-refractivity contribution >= 4 is 21.1 Å². The molecule has 0 atom stereocenters. The van der Waals surface area contributed by atoms with E-state index in [-0.39, 0.29) is 0 Å². The zero-order valence-corrected chi connectivity index (χ0v) is 7.52. The van der Waals surface area contributed by atoms with Gasteiger partial charge in [-0.3, -0.25) is 0 Å². The zero-order valence-electron chi connectivity index (χ0n) is 5.81. The molecule has 0 aromatic carbocycles. The van der Waals surface area contributed by atoms with Crippen LogP contribution in [0.1, 0.15) is 6.92 Å². The standard InChI is InChI=1S/C4H8O5S2/c1-4(2)3-11(7,8)9-10(5)6/h10H,1,3H2,2H3. The van der Waals surface area contributed by atoms with Gasteiger partial charge < -0.3 is 0 Å². The van der Waals surface area contributed by atoms with Crippen LogP contribution in [-0.2, 0) is 24.7 Å². The van der Waals surface area contributed by atoms with Crippen LogP contribution in [0.3, 0.4) is 0 Å². The van der Waals surface area contributed by atoms with Crippen molar-refractivity contribution in [3.63, 3.8) is 0 Å². The average molecular weight is 200 g/mol. The fourth-order valence-electron chi connectivity index (χ4n) is 0.421. The van der Waals surface area contributed by atoms with Gasteiger partial charge in [0.15, 0.2) is 0 Å². The van der Waals surface area contributed by atoms with Crippen molar-refractivity contribution in [1.82, 2.24) is 0 Å². The summed E-state index contributed by atoms with van der Waals surface area (Å²) in [6.07, 6.45) is 0. The van der Waals surface area contributed by atoms with Crippen LogP contribution in [0.4, 0.5) is 0 Å². The topological polar surface area (TPSA) is 77.5 Å². The molecular weight excluding hydrogens is 192 g/mol. The quantitative estimate of drug-likeness (QED) is 0.486. The van der Waals surface area contributed by atoms with Crippen LogP contribution in [0, 0.1) is 0 Å². The SMILES string of the molecule is C=C(C)CS(=O)(=O)O[SH](=O)=O. The van der Waals surface area contributed by atoms with Gasteiger partial charge in [0, 0.05) is 0 Å².